The zero-order valence-corrected chi connectivity index (χ0v) is 13.3. The number of benzene rings is 1. The predicted octanol–water partition coefficient (Wildman–Crippen LogP) is 4.38. The molecular formula is C13H13Cl2N3OS. The van der Waals surface area contributed by atoms with E-state index in [-0.39, 0.29) is 0 Å². The lowest BCUT2D eigenvalue weighted by Gasteiger charge is -2.11. The lowest BCUT2D eigenvalue weighted by molar-refractivity contribution is 0.400. The van der Waals surface area contributed by atoms with Crippen molar-refractivity contribution in [2.45, 2.75) is 16.8 Å². The van der Waals surface area contributed by atoms with Crippen LogP contribution in [0.1, 0.15) is 6.92 Å². The number of ether oxygens (including phenoxy) is 1. The SMILES string of the molecule is CCNc1ncnc(Sc2ccc(Cl)c(Cl)c2)c1OC. The Hall–Kier alpha value is -1.17. The molecule has 2 rings (SSSR count). The summed E-state index contributed by atoms with van der Waals surface area (Å²) in [5.41, 5.74) is 0. The van der Waals surface area contributed by atoms with Gasteiger partial charge in [-0.05, 0) is 25.1 Å². The van der Waals surface area contributed by atoms with E-state index in [9.17, 15) is 0 Å². The number of methoxy groups -OCH3 is 1. The van der Waals surface area contributed by atoms with E-state index in [1.54, 1.807) is 19.2 Å². The van der Waals surface area contributed by atoms with Gasteiger partial charge < -0.3 is 10.1 Å². The van der Waals surface area contributed by atoms with Crippen LogP contribution in [0.4, 0.5) is 5.82 Å². The number of aromatic nitrogens is 2. The van der Waals surface area contributed by atoms with Gasteiger partial charge >= 0.3 is 0 Å². The first kappa shape index (κ1) is 15.2. The fraction of sp³-hybridized carbons (Fsp3) is 0.231. The summed E-state index contributed by atoms with van der Waals surface area (Å²) in [5, 5.41) is 4.89. The maximum atomic E-state index is 6.01. The second-order valence-electron chi connectivity index (χ2n) is 3.77. The molecule has 4 nitrogen and oxygen atoms in total. The molecule has 0 fully saturated rings. The molecule has 0 aliphatic rings. The molecule has 0 aliphatic heterocycles. The van der Waals surface area contributed by atoms with Gasteiger partial charge in [0.25, 0.3) is 0 Å². The van der Waals surface area contributed by atoms with Crippen LogP contribution in [0.3, 0.4) is 0 Å². The Bertz CT molecular complexity index is 610. The van der Waals surface area contributed by atoms with Gasteiger partial charge in [-0.1, -0.05) is 35.0 Å². The smallest absolute Gasteiger partial charge is 0.194 e. The third-order valence-electron chi connectivity index (χ3n) is 2.43. The molecule has 0 saturated carbocycles. The topological polar surface area (TPSA) is 47.0 Å². The van der Waals surface area contributed by atoms with E-state index in [0.29, 0.717) is 21.6 Å². The summed E-state index contributed by atoms with van der Waals surface area (Å²) in [6.45, 7) is 2.75. The molecule has 0 saturated heterocycles. The van der Waals surface area contributed by atoms with Gasteiger partial charge in [-0.3, -0.25) is 0 Å². The molecule has 0 radical (unpaired) electrons. The monoisotopic (exact) mass is 329 g/mol. The molecule has 0 unspecified atom stereocenters. The van der Waals surface area contributed by atoms with Gasteiger partial charge in [-0.2, -0.15) is 0 Å². The van der Waals surface area contributed by atoms with Gasteiger partial charge in [-0.15, -0.1) is 0 Å². The van der Waals surface area contributed by atoms with Gasteiger partial charge in [0, 0.05) is 11.4 Å². The van der Waals surface area contributed by atoms with Crippen LogP contribution in [-0.4, -0.2) is 23.6 Å². The van der Waals surface area contributed by atoms with E-state index < -0.39 is 0 Å². The summed E-state index contributed by atoms with van der Waals surface area (Å²) in [5.74, 6) is 1.29. The Balaban J connectivity index is 2.32. The number of anilines is 1. The Labute approximate surface area is 131 Å². The minimum Gasteiger partial charge on any atom is -0.490 e. The second kappa shape index (κ2) is 7.02. The third kappa shape index (κ3) is 3.48. The van der Waals surface area contributed by atoms with E-state index >= 15 is 0 Å². The van der Waals surface area contributed by atoms with E-state index in [4.69, 9.17) is 27.9 Å². The minimum absolute atomic E-state index is 0.511. The van der Waals surface area contributed by atoms with Crippen molar-refractivity contribution in [1.29, 1.82) is 0 Å². The Morgan fingerprint density at radius 3 is 2.70 bits per heavy atom. The maximum absolute atomic E-state index is 6.01. The second-order valence-corrected chi connectivity index (χ2v) is 5.65. The largest absolute Gasteiger partial charge is 0.490 e. The molecular weight excluding hydrogens is 317 g/mol. The van der Waals surface area contributed by atoms with Crippen molar-refractivity contribution in [2.75, 3.05) is 19.0 Å². The molecule has 1 heterocycles. The molecule has 106 valence electrons. The first-order chi connectivity index (χ1) is 9.65. The highest BCUT2D eigenvalue weighted by atomic mass is 35.5. The maximum Gasteiger partial charge on any atom is 0.194 e. The van der Waals surface area contributed by atoms with Gasteiger partial charge in [0.1, 0.15) is 11.4 Å². The Morgan fingerprint density at radius 1 is 1.25 bits per heavy atom. The summed E-state index contributed by atoms with van der Waals surface area (Å²) in [6.07, 6.45) is 1.50. The average Bonchev–Trinajstić information content (AvgIpc) is 2.44. The average molecular weight is 330 g/mol. The molecule has 0 bridgehead atoms. The molecule has 1 N–H and O–H groups in total. The van der Waals surface area contributed by atoms with E-state index in [1.807, 2.05) is 13.0 Å². The molecule has 20 heavy (non-hydrogen) atoms. The van der Waals surface area contributed by atoms with Crippen molar-refractivity contribution in [3.05, 3.63) is 34.6 Å². The molecule has 1 aromatic heterocycles. The molecule has 1 aromatic carbocycles. The number of hydrogen-bond acceptors (Lipinski definition) is 5. The van der Waals surface area contributed by atoms with Crippen LogP contribution in [0.15, 0.2) is 34.4 Å². The lowest BCUT2D eigenvalue weighted by Crippen LogP contribution is -2.03. The highest BCUT2D eigenvalue weighted by Gasteiger charge is 2.13. The molecule has 7 heteroatoms. The quantitative estimate of drug-likeness (QED) is 0.825. The van der Waals surface area contributed by atoms with Crippen molar-refractivity contribution < 1.29 is 4.74 Å². The predicted molar refractivity (Wildman–Crippen MR) is 83.3 cm³/mol. The van der Waals surface area contributed by atoms with Crippen LogP contribution >= 0.6 is 35.0 Å². The Kier molecular flexibility index (Phi) is 5.34. The molecule has 0 spiro atoms. The van der Waals surface area contributed by atoms with E-state index in [2.05, 4.69) is 15.3 Å². The van der Waals surface area contributed by atoms with Gasteiger partial charge in [-0.25, -0.2) is 9.97 Å². The molecule has 0 atom stereocenters. The van der Waals surface area contributed by atoms with Crippen molar-refractivity contribution in [3.63, 3.8) is 0 Å². The number of nitrogens with zero attached hydrogens (tertiary/aromatic N) is 2. The van der Waals surface area contributed by atoms with Crippen LogP contribution < -0.4 is 10.1 Å². The van der Waals surface area contributed by atoms with Crippen molar-refractivity contribution in [2.24, 2.45) is 0 Å². The van der Waals surface area contributed by atoms with Gasteiger partial charge in [0.2, 0.25) is 0 Å². The third-order valence-corrected chi connectivity index (χ3v) is 4.14. The van der Waals surface area contributed by atoms with Crippen molar-refractivity contribution in [1.82, 2.24) is 9.97 Å². The van der Waals surface area contributed by atoms with E-state index in [0.717, 1.165) is 16.5 Å². The van der Waals surface area contributed by atoms with Crippen LogP contribution in [-0.2, 0) is 0 Å². The molecule has 2 aromatic rings. The number of halogens is 2. The molecule has 0 aliphatic carbocycles. The summed E-state index contributed by atoms with van der Waals surface area (Å²) in [4.78, 5) is 9.35. The first-order valence-corrected chi connectivity index (χ1v) is 7.48. The highest BCUT2D eigenvalue weighted by molar-refractivity contribution is 7.99. The zero-order chi connectivity index (χ0) is 14.5. The van der Waals surface area contributed by atoms with Crippen molar-refractivity contribution in [3.8, 4) is 5.75 Å². The summed E-state index contributed by atoms with van der Waals surface area (Å²) >= 11 is 13.4. The lowest BCUT2D eigenvalue weighted by atomic mass is 10.4. The van der Waals surface area contributed by atoms with E-state index in [1.165, 1.54) is 18.1 Å². The summed E-state index contributed by atoms with van der Waals surface area (Å²) < 4.78 is 5.39. The number of hydrogen-bond donors (Lipinski definition) is 1. The molecule has 0 amide bonds. The fourth-order valence-electron chi connectivity index (χ4n) is 1.56. The van der Waals surface area contributed by atoms with Crippen molar-refractivity contribution >= 4 is 40.8 Å². The summed E-state index contributed by atoms with van der Waals surface area (Å²) in [7, 11) is 1.60. The normalized spacial score (nSPS) is 10.4. The fourth-order valence-corrected chi connectivity index (χ4v) is 2.83. The van der Waals surface area contributed by atoms with Crippen LogP contribution in [0.25, 0.3) is 0 Å². The Morgan fingerprint density at radius 2 is 2.05 bits per heavy atom. The number of nitrogens with one attached hydrogen (secondary N) is 1. The van der Waals surface area contributed by atoms with Crippen LogP contribution in [0.2, 0.25) is 10.0 Å². The highest BCUT2D eigenvalue weighted by Crippen LogP contribution is 2.38. The minimum atomic E-state index is 0.511. The van der Waals surface area contributed by atoms with Gasteiger partial charge in [0.15, 0.2) is 11.6 Å². The standard InChI is InChI=1S/C13H13Cl2N3OS/c1-3-16-12-11(19-2)13(18-7-17-12)20-8-4-5-9(14)10(15)6-8/h4-7H,3H2,1-2H3,(H,16,17,18). The van der Waals surface area contributed by atoms with Gasteiger partial charge in [0.05, 0.1) is 17.2 Å². The first-order valence-electron chi connectivity index (χ1n) is 5.91. The zero-order valence-electron chi connectivity index (χ0n) is 11.0. The number of rotatable bonds is 5. The summed E-state index contributed by atoms with van der Waals surface area (Å²) in [6, 6.07) is 5.43. The van der Waals surface area contributed by atoms with Crippen LogP contribution in [0, 0.1) is 0 Å². The van der Waals surface area contributed by atoms with Crippen LogP contribution in [0.5, 0.6) is 5.75 Å².